The lowest BCUT2D eigenvalue weighted by Crippen LogP contribution is -2.35. The van der Waals surface area contributed by atoms with Crippen molar-refractivity contribution in [2.75, 3.05) is 38.5 Å². The molecule has 4 aromatic heterocycles. The van der Waals surface area contributed by atoms with Gasteiger partial charge >= 0.3 is 0 Å². The minimum Gasteiger partial charge on any atom is -0.353 e. The number of nitrogens with one attached hydrogen (secondary N) is 3. The first-order valence-corrected chi connectivity index (χ1v) is 14.2. The highest BCUT2D eigenvalue weighted by Crippen LogP contribution is 2.32. The smallest absolute Gasteiger partial charge is 0.254 e. The lowest BCUT2D eigenvalue weighted by atomic mass is 9.96. The van der Waals surface area contributed by atoms with Crippen LogP contribution < -0.4 is 5.32 Å². The van der Waals surface area contributed by atoms with Crippen molar-refractivity contribution in [2.24, 2.45) is 5.92 Å². The molecular weight excluding hydrogens is 516 g/mol. The molecule has 1 saturated heterocycles. The van der Waals surface area contributed by atoms with Crippen LogP contribution in [0.1, 0.15) is 37.0 Å². The maximum Gasteiger partial charge on any atom is 0.254 e. The summed E-state index contributed by atoms with van der Waals surface area (Å²) in [5, 5.41) is 12.3. The number of aromatic amines is 2. The maximum atomic E-state index is 13.2. The van der Waals surface area contributed by atoms with Gasteiger partial charge in [0.25, 0.3) is 5.91 Å². The van der Waals surface area contributed by atoms with Gasteiger partial charge in [-0.1, -0.05) is 6.07 Å². The van der Waals surface area contributed by atoms with E-state index in [1.165, 1.54) is 0 Å². The quantitative estimate of drug-likeness (QED) is 0.264. The molecule has 0 atom stereocenters. The van der Waals surface area contributed by atoms with E-state index in [0.717, 1.165) is 64.7 Å². The Kier molecular flexibility index (Phi) is 7.23. The van der Waals surface area contributed by atoms with Crippen LogP contribution in [0, 0.1) is 5.92 Å². The van der Waals surface area contributed by atoms with Gasteiger partial charge in [0.05, 0.1) is 23.3 Å². The van der Waals surface area contributed by atoms with Crippen LogP contribution in [0.3, 0.4) is 0 Å². The number of likely N-dealkylation sites (tertiary alicyclic amines) is 1. The highest BCUT2D eigenvalue weighted by Gasteiger charge is 2.24. The fourth-order valence-electron chi connectivity index (χ4n) is 5.60. The molecule has 0 radical (unpaired) electrons. The van der Waals surface area contributed by atoms with Gasteiger partial charge in [0.15, 0.2) is 5.65 Å². The molecule has 5 heterocycles. The number of benzene rings is 1. The Morgan fingerprint density at radius 3 is 2.59 bits per heavy atom. The molecule has 0 unspecified atom stereocenters. The molecule has 1 aliphatic rings. The van der Waals surface area contributed by atoms with Crippen molar-refractivity contribution in [1.82, 2.24) is 34.9 Å². The molecule has 3 N–H and O–H groups in total. The largest absolute Gasteiger partial charge is 0.353 e. The summed E-state index contributed by atoms with van der Waals surface area (Å²) < 4.78 is 0. The van der Waals surface area contributed by atoms with Crippen molar-refractivity contribution in [3.63, 3.8) is 0 Å². The van der Waals surface area contributed by atoms with Crippen LogP contribution in [0.5, 0.6) is 0 Å². The number of rotatable bonds is 7. The fraction of sp³-hybridized carbons (Fsp3) is 0.323. The van der Waals surface area contributed by atoms with Gasteiger partial charge in [0, 0.05) is 64.4 Å². The second-order valence-electron chi connectivity index (χ2n) is 10.7. The van der Waals surface area contributed by atoms with E-state index in [-0.39, 0.29) is 17.7 Å². The lowest BCUT2D eigenvalue weighted by Gasteiger charge is -2.28. The van der Waals surface area contributed by atoms with Gasteiger partial charge in [-0.2, -0.15) is 5.10 Å². The third-order valence-electron chi connectivity index (χ3n) is 8.05. The van der Waals surface area contributed by atoms with Gasteiger partial charge in [-0.05, 0) is 77.2 Å². The second kappa shape index (κ2) is 11.1. The molecule has 41 heavy (non-hydrogen) atoms. The summed E-state index contributed by atoms with van der Waals surface area (Å²) in [7, 11) is 2.08. The number of carbonyl (C=O) groups is 2. The third kappa shape index (κ3) is 5.18. The summed E-state index contributed by atoms with van der Waals surface area (Å²) in [4.78, 5) is 42.5. The van der Waals surface area contributed by atoms with Gasteiger partial charge in [-0.25, -0.2) is 4.98 Å². The molecule has 0 aliphatic carbocycles. The second-order valence-corrected chi connectivity index (χ2v) is 10.7. The summed E-state index contributed by atoms with van der Waals surface area (Å²) in [5.74, 6) is 0.0702. The van der Waals surface area contributed by atoms with Crippen LogP contribution in [0.4, 0.5) is 5.69 Å². The molecule has 0 saturated carbocycles. The molecule has 1 aromatic carbocycles. The third-order valence-corrected chi connectivity index (χ3v) is 8.05. The monoisotopic (exact) mass is 550 g/mol. The average Bonchev–Trinajstić information content (AvgIpc) is 3.62. The van der Waals surface area contributed by atoms with E-state index in [4.69, 9.17) is 0 Å². The number of fused-ring (bicyclic) bond motifs is 2. The average molecular weight is 551 g/mol. The van der Waals surface area contributed by atoms with Gasteiger partial charge in [0.1, 0.15) is 0 Å². The molecule has 0 bridgehead atoms. The zero-order chi connectivity index (χ0) is 28.5. The first kappa shape index (κ1) is 26.6. The van der Waals surface area contributed by atoms with Crippen molar-refractivity contribution in [2.45, 2.75) is 26.7 Å². The van der Waals surface area contributed by atoms with Gasteiger partial charge in [-0.3, -0.25) is 19.7 Å². The fourth-order valence-corrected chi connectivity index (χ4v) is 5.60. The summed E-state index contributed by atoms with van der Waals surface area (Å²) >= 11 is 0. The number of nitrogens with zero attached hydrogens (tertiary/aromatic N) is 5. The molecule has 2 amide bonds. The molecule has 210 valence electrons. The van der Waals surface area contributed by atoms with E-state index in [0.29, 0.717) is 30.0 Å². The molecule has 5 aromatic rings. The Bertz CT molecular complexity index is 1730. The van der Waals surface area contributed by atoms with Crippen LogP contribution in [0.2, 0.25) is 0 Å². The Morgan fingerprint density at radius 2 is 1.80 bits per heavy atom. The summed E-state index contributed by atoms with van der Waals surface area (Å²) in [6.07, 6.45) is 6.92. The Balaban J connectivity index is 1.30. The van der Waals surface area contributed by atoms with Gasteiger partial charge < -0.3 is 20.1 Å². The molecule has 1 aliphatic heterocycles. The summed E-state index contributed by atoms with van der Waals surface area (Å²) in [6.45, 7) is 7.14. The topological polar surface area (TPSA) is 123 Å². The van der Waals surface area contributed by atoms with Gasteiger partial charge in [0.2, 0.25) is 5.91 Å². The Hall–Kier alpha value is -4.57. The first-order valence-electron chi connectivity index (χ1n) is 14.2. The molecule has 0 spiro atoms. The number of hydrogen-bond acceptors (Lipinski definition) is 6. The van der Waals surface area contributed by atoms with Crippen LogP contribution in [-0.4, -0.2) is 80.0 Å². The number of H-pyrrole nitrogens is 2. The number of piperidine rings is 1. The zero-order valence-corrected chi connectivity index (χ0v) is 23.6. The van der Waals surface area contributed by atoms with E-state index >= 15 is 0 Å². The lowest BCUT2D eigenvalue weighted by molar-refractivity contribution is -0.121. The van der Waals surface area contributed by atoms with Gasteiger partial charge in [-0.15, -0.1) is 0 Å². The van der Waals surface area contributed by atoms with E-state index in [2.05, 4.69) is 42.4 Å². The normalized spacial score (nSPS) is 14.5. The van der Waals surface area contributed by atoms with Crippen LogP contribution in [0.25, 0.3) is 44.5 Å². The summed E-state index contributed by atoms with van der Waals surface area (Å²) in [5.41, 5.74) is 6.10. The highest BCUT2D eigenvalue weighted by atomic mass is 16.2. The predicted octanol–water partition coefficient (Wildman–Crippen LogP) is 4.93. The van der Waals surface area contributed by atoms with Crippen LogP contribution in [0.15, 0.2) is 55.0 Å². The van der Waals surface area contributed by atoms with Crippen LogP contribution in [-0.2, 0) is 4.79 Å². The van der Waals surface area contributed by atoms with Crippen molar-refractivity contribution < 1.29 is 9.59 Å². The van der Waals surface area contributed by atoms with E-state index in [9.17, 15) is 9.59 Å². The first-order chi connectivity index (χ1) is 19.9. The Morgan fingerprint density at radius 1 is 1.02 bits per heavy atom. The number of aromatic nitrogens is 5. The number of amides is 2. The SMILES string of the molecule is CCN(CC)C(=O)c1cccc2[nH]c(-c3[nH]nc4ncc(-c5cncc(NC(=O)C6CCN(C)CC6)c5)cc34)cc12. The Labute approximate surface area is 238 Å². The molecule has 6 rings (SSSR count). The predicted molar refractivity (Wildman–Crippen MR) is 161 cm³/mol. The van der Waals surface area contributed by atoms with E-state index in [1.54, 1.807) is 18.6 Å². The molecule has 1 fully saturated rings. The maximum absolute atomic E-state index is 13.2. The molecular formula is C31H34N8O2. The highest BCUT2D eigenvalue weighted by molar-refractivity contribution is 6.08. The number of carbonyl (C=O) groups excluding carboxylic acids is 2. The zero-order valence-electron chi connectivity index (χ0n) is 23.6. The number of anilines is 1. The van der Waals surface area contributed by atoms with Crippen molar-refractivity contribution >= 4 is 39.4 Å². The standard InChI is InChI=1S/C31H34N8O2/c1-4-39(5-2)31(41)23-7-6-8-26-24(23)15-27(35-26)28-25-14-21(17-33-29(25)37-36-28)20-13-22(18-32-16-20)34-30(40)19-9-11-38(3)12-10-19/h6-8,13-19,35H,4-5,9-12H2,1-3H3,(H,34,40)(H,33,36,37). The van der Waals surface area contributed by atoms with E-state index in [1.807, 2.05) is 55.1 Å². The van der Waals surface area contributed by atoms with E-state index < -0.39 is 0 Å². The minimum atomic E-state index is 0.0138. The summed E-state index contributed by atoms with van der Waals surface area (Å²) in [6, 6.07) is 11.7. The van der Waals surface area contributed by atoms with Crippen molar-refractivity contribution in [1.29, 1.82) is 0 Å². The number of pyridine rings is 2. The number of hydrogen-bond donors (Lipinski definition) is 3. The molecule has 10 heteroatoms. The van der Waals surface area contributed by atoms with Crippen molar-refractivity contribution in [3.05, 3.63) is 60.6 Å². The minimum absolute atomic E-state index is 0.0138. The van der Waals surface area contributed by atoms with Crippen molar-refractivity contribution in [3.8, 4) is 22.5 Å². The van der Waals surface area contributed by atoms with Crippen LogP contribution >= 0.6 is 0 Å². The molecule has 10 nitrogen and oxygen atoms in total.